The second-order valence-electron chi connectivity index (χ2n) is 18.3. The molecule has 2 aliphatic rings. The molecule has 0 bridgehead atoms. The normalized spacial score (nSPS) is 22.1. The fourth-order valence-electron chi connectivity index (χ4n) is 8.52. The van der Waals surface area contributed by atoms with Crippen LogP contribution in [0.2, 0.25) is 0 Å². The molecule has 0 amide bonds. The molecule has 304 valence electrons. The minimum atomic E-state index is -0.256. The number of carbonyl (C=O) groups excluding carboxylic acids is 3. The smallest absolute Gasteiger partial charge is 0.156 e. The molecule has 3 unspecified atom stereocenters. The predicted molar refractivity (Wildman–Crippen MR) is 238 cm³/mol. The van der Waals surface area contributed by atoms with E-state index in [2.05, 4.69) is 98.8 Å². The average Bonchev–Trinajstić information content (AvgIpc) is 3.08. The number of rotatable bonds is 22. The molecule has 0 aromatic heterocycles. The molecular weight excluding hydrogens is 673 g/mol. The Morgan fingerprint density at radius 3 is 2.00 bits per heavy atom. The molecule has 3 nitrogen and oxygen atoms in total. The Balaban J connectivity index is 1.85. The summed E-state index contributed by atoms with van der Waals surface area (Å²) in [6, 6.07) is 0. The highest BCUT2D eigenvalue weighted by Crippen LogP contribution is 2.45. The lowest BCUT2D eigenvalue weighted by Gasteiger charge is -2.41. The van der Waals surface area contributed by atoms with Crippen LogP contribution in [0.3, 0.4) is 0 Å². The first-order chi connectivity index (χ1) is 25.9. The van der Waals surface area contributed by atoms with Crippen LogP contribution in [0.1, 0.15) is 172 Å². The third kappa shape index (κ3) is 18.4. The molecule has 0 aliphatic heterocycles. The Kier molecular flexibility index (Phi) is 21.2. The number of Topliss-reactive ketones (excluding diaryl/α,β-unsaturated/α-hetero) is 1. The van der Waals surface area contributed by atoms with Gasteiger partial charge in [-0.3, -0.25) is 14.4 Å². The van der Waals surface area contributed by atoms with Gasteiger partial charge in [0.15, 0.2) is 11.6 Å². The van der Waals surface area contributed by atoms with Gasteiger partial charge in [-0.2, -0.15) is 0 Å². The van der Waals surface area contributed by atoms with Gasteiger partial charge in [-0.25, -0.2) is 0 Å². The highest BCUT2D eigenvalue weighted by molar-refractivity contribution is 5.94. The summed E-state index contributed by atoms with van der Waals surface area (Å²) in [6.45, 7) is 24.3. The van der Waals surface area contributed by atoms with Crippen molar-refractivity contribution < 1.29 is 14.4 Å². The number of unbranched alkanes of at least 4 members (excludes halogenated alkanes) is 3. The molecule has 0 aromatic rings. The van der Waals surface area contributed by atoms with E-state index in [1.807, 2.05) is 38.2 Å². The molecule has 3 heteroatoms. The Morgan fingerprint density at radius 2 is 1.38 bits per heavy atom. The third-order valence-corrected chi connectivity index (χ3v) is 12.0. The second-order valence-corrected chi connectivity index (χ2v) is 18.3. The van der Waals surface area contributed by atoms with Gasteiger partial charge in [0.2, 0.25) is 0 Å². The van der Waals surface area contributed by atoms with Crippen molar-refractivity contribution in [3.05, 3.63) is 106 Å². The van der Waals surface area contributed by atoms with Crippen LogP contribution in [0.15, 0.2) is 106 Å². The van der Waals surface area contributed by atoms with Crippen LogP contribution in [-0.2, 0) is 14.4 Å². The first kappa shape index (κ1) is 47.8. The van der Waals surface area contributed by atoms with Gasteiger partial charge in [0.05, 0.1) is 0 Å². The van der Waals surface area contributed by atoms with E-state index in [4.69, 9.17) is 0 Å². The quantitative estimate of drug-likeness (QED) is 0.0629. The van der Waals surface area contributed by atoms with Crippen molar-refractivity contribution in [3.63, 3.8) is 0 Å². The SMILES string of the molecule is CCCCC(=O)C(CCCCCC(=O)/C=C(C)/C=C/C=C(C)/C=C/C1C(C)CCCC1(C)C)CC(=O)/C=C(C)/C=C/C=C(C)/C=C/C1=C(C)CCCC1(C)C. The Morgan fingerprint density at radius 1 is 0.745 bits per heavy atom. The van der Waals surface area contributed by atoms with Crippen molar-refractivity contribution in [2.75, 3.05) is 0 Å². The van der Waals surface area contributed by atoms with Crippen molar-refractivity contribution in [3.8, 4) is 0 Å². The van der Waals surface area contributed by atoms with Crippen LogP contribution in [0, 0.1) is 28.6 Å². The van der Waals surface area contributed by atoms with E-state index < -0.39 is 0 Å². The van der Waals surface area contributed by atoms with Crippen LogP contribution >= 0.6 is 0 Å². The molecule has 55 heavy (non-hydrogen) atoms. The maximum absolute atomic E-state index is 13.1. The summed E-state index contributed by atoms with van der Waals surface area (Å²) >= 11 is 0. The van der Waals surface area contributed by atoms with E-state index in [1.54, 1.807) is 12.2 Å². The number of hydrogen-bond donors (Lipinski definition) is 0. The largest absolute Gasteiger partial charge is 0.299 e. The Bertz CT molecular complexity index is 1560. The van der Waals surface area contributed by atoms with Crippen molar-refractivity contribution in [2.24, 2.45) is 28.6 Å². The molecule has 0 heterocycles. The lowest BCUT2D eigenvalue weighted by molar-refractivity contribution is -0.126. The second kappa shape index (κ2) is 24.3. The third-order valence-electron chi connectivity index (χ3n) is 12.0. The fraction of sp³-hybridized carbons (Fsp3) is 0.596. The average molecular weight is 751 g/mol. The fourth-order valence-corrected chi connectivity index (χ4v) is 8.52. The highest BCUT2D eigenvalue weighted by atomic mass is 16.1. The van der Waals surface area contributed by atoms with Gasteiger partial charge in [-0.15, -0.1) is 0 Å². The van der Waals surface area contributed by atoms with E-state index in [0.717, 1.165) is 49.2 Å². The van der Waals surface area contributed by atoms with Gasteiger partial charge < -0.3 is 0 Å². The van der Waals surface area contributed by atoms with Gasteiger partial charge in [-0.1, -0.05) is 151 Å². The molecule has 1 saturated carbocycles. The maximum Gasteiger partial charge on any atom is 0.156 e. The van der Waals surface area contributed by atoms with Crippen LogP contribution in [0.4, 0.5) is 0 Å². The molecule has 2 aliphatic carbocycles. The van der Waals surface area contributed by atoms with E-state index >= 15 is 0 Å². The molecule has 0 radical (unpaired) electrons. The summed E-state index contributed by atoms with van der Waals surface area (Å²) in [6.07, 6.45) is 38.7. The molecular formula is C52H78O3. The molecule has 0 N–H and O–H groups in total. The monoisotopic (exact) mass is 751 g/mol. The number of carbonyl (C=O) groups is 3. The lowest BCUT2D eigenvalue weighted by Crippen LogP contribution is -2.32. The van der Waals surface area contributed by atoms with E-state index in [9.17, 15) is 14.4 Å². The van der Waals surface area contributed by atoms with Crippen molar-refractivity contribution in [1.82, 2.24) is 0 Å². The molecule has 0 spiro atoms. The van der Waals surface area contributed by atoms with E-state index in [0.29, 0.717) is 30.6 Å². The number of allylic oxidation sites excluding steroid dienone is 18. The van der Waals surface area contributed by atoms with Crippen molar-refractivity contribution in [1.29, 1.82) is 0 Å². The zero-order chi connectivity index (χ0) is 41.0. The van der Waals surface area contributed by atoms with Crippen LogP contribution < -0.4 is 0 Å². The minimum Gasteiger partial charge on any atom is -0.299 e. The minimum absolute atomic E-state index is 0.00668. The summed E-state index contributed by atoms with van der Waals surface area (Å²) in [7, 11) is 0. The van der Waals surface area contributed by atoms with Crippen molar-refractivity contribution >= 4 is 17.3 Å². The maximum atomic E-state index is 13.1. The van der Waals surface area contributed by atoms with Crippen LogP contribution in [-0.4, -0.2) is 17.3 Å². The van der Waals surface area contributed by atoms with Gasteiger partial charge >= 0.3 is 0 Å². The molecule has 2 rings (SSSR count). The topological polar surface area (TPSA) is 51.2 Å². The van der Waals surface area contributed by atoms with E-state index in [-0.39, 0.29) is 35.1 Å². The van der Waals surface area contributed by atoms with E-state index in [1.165, 1.54) is 60.8 Å². The zero-order valence-electron chi connectivity index (χ0n) is 37.0. The number of hydrogen-bond acceptors (Lipinski definition) is 3. The van der Waals surface area contributed by atoms with Gasteiger partial charge in [-0.05, 0) is 131 Å². The first-order valence-electron chi connectivity index (χ1n) is 21.7. The molecule has 0 saturated heterocycles. The number of ketones is 3. The summed E-state index contributed by atoms with van der Waals surface area (Å²) in [5, 5.41) is 0. The zero-order valence-corrected chi connectivity index (χ0v) is 37.0. The predicted octanol–water partition coefficient (Wildman–Crippen LogP) is 14.8. The van der Waals surface area contributed by atoms with Crippen LogP contribution in [0.5, 0.6) is 0 Å². The molecule has 1 fully saturated rings. The van der Waals surface area contributed by atoms with Crippen LogP contribution in [0.25, 0.3) is 0 Å². The Labute approximate surface area is 338 Å². The summed E-state index contributed by atoms with van der Waals surface area (Å²) in [4.78, 5) is 38.9. The lowest BCUT2D eigenvalue weighted by atomic mass is 9.64. The summed E-state index contributed by atoms with van der Waals surface area (Å²) in [5.74, 6) is 1.41. The highest BCUT2D eigenvalue weighted by Gasteiger charge is 2.34. The summed E-state index contributed by atoms with van der Waals surface area (Å²) in [5.41, 5.74) is 7.74. The molecule has 3 atom stereocenters. The Hall–Kier alpha value is -3.33. The van der Waals surface area contributed by atoms with Gasteiger partial charge in [0, 0.05) is 25.2 Å². The first-order valence-corrected chi connectivity index (χ1v) is 21.7. The standard InChI is InChI=1S/C52H78O3/c1-12-13-29-50(55)45(38-47(54)37-42(5)24-18-22-40(3)31-33-49-44(7)26-20-35-52(49,10)11)27-15-14-16-28-46(53)36-41(4)23-17-21-39(2)30-32-48-43(6)25-19-34-51(48,8)9/h17-18,21-24,30-33,36-37,43,45,48H,12-16,19-20,25-29,34-35,38H2,1-11H3/b23-17+,24-18+,32-30+,33-31+,39-21+,40-22+,41-36+,42-37+. The summed E-state index contributed by atoms with van der Waals surface area (Å²) < 4.78 is 0. The van der Waals surface area contributed by atoms with Crippen molar-refractivity contribution in [2.45, 2.75) is 172 Å². The molecule has 0 aromatic carbocycles. The van der Waals surface area contributed by atoms with Gasteiger partial charge in [0.1, 0.15) is 5.78 Å². The van der Waals surface area contributed by atoms with Gasteiger partial charge in [0.25, 0.3) is 0 Å².